The molecule has 4 heteroatoms. The first kappa shape index (κ1) is 16.7. The van der Waals surface area contributed by atoms with Crippen LogP contribution in [0, 0.1) is 5.92 Å². The molecule has 20 heavy (non-hydrogen) atoms. The molecular formula is C16H26N2O2. The van der Waals surface area contributed by atoms with Crippen LogP contribution in [0.3, 0.4) is 0 Å². The molecule has 0 radical (unpaired) electrons. The molecule has 0 fully saturated rings. The van der Waals surface area contributed by atoms with Crippen LogP contribution in [0.15, 0.2) is 30.3 Å². The highest BCUT2D eigenvalue weighted by atomic mass is 16.5. The van der Waals surface area contributed by atoms with Crippen LogP contribution >= 0.6 is 0 Å². The molecule has 2 unspecified atom stereocenters. The van der Waals surface area contributed by atoms with E-state index in [9.17, 15) is 4.79 Å². The summed E-state index contributed by atoms with van der Waals surface area (Å²) in [6.07, 6.45) is 0.291. The highest BCUT2D eigenvalue weighted by Gasteiger charge is 2.18. The lowest BCUT2D eigenvalue weighted by Gasteiger charge is -2.23. The van der Waals surface area contributed by atoms with E-state index in [-0.39, 0.29) is 18.0 Å². The Morgan fingerprint density at radius 3 is 2.50 bits per heavy atom. The lowest BCUT2D eigenvalue weighted by molar-refractivity contribution is -0.123. The molecule has 0 heterocycles. The number of carbonyl (C=O) groups excluding carboxylic acids is 1. The highest BCUT2D eigenvalue weighted by Crippen LogP contribution is 2.13. The average molecular weight is 278 g/mol. The second-order valence-electron chi connectivity index (χ2n) is 5.30. The van der Waals surface area contributed by atoms with E-state index in [4.69, 9.17) is 10.5 Å². The molecule has 1 amide bonds. The molecule has 1 rings (SSSR count). The molecule has 2 atom stereocenters. The third-order valence-corrected chi connectivity index (χ3v) is 3.29. The standard InChI is InChI=1S/C16H26N2O2/c1-4-20-11-15(12(2)3)18-16(19)10-14(17)13-8-6-5-7-9-13/h5-9,12,14-15H,4,10-11,17H2,1-3H3,(H,18,19). The Morgan fingerprint density at radius 1 is 1.30 bits per heavy atom. The Bertz CT molecular complexity index is 393. The maximum Gasteiger partial charge on any atom is 0.222 e. The predicted octanol–water partition coefficient (Wildman–Crippen LogP) is 2.25. The van der Waals surface area contributed by atoms with Gasteiger partial charge in [-0.05, 0) is 18.4 Å². The van der Waals surface area contributed by atoms with E-state index in [1.165, 1.54) is 0 Å². The fourth-order valence-corrected chi connectivity index (χ4v) is 1.93. The summed E-state index contributed by atoms with van der Waals surface area (Å²) in [5.74, 6) is 0.304. The quantitative estimate of drug-likeness (QED) is 0.766. The summed E-state index contributed by atoms with van der Waals surface area (Å²) in [6.45, 7) is 7.29. The molecular weight excluding hydrogens is 252 g/mol. The minimum atomic E-state index is -0.267. The van der Waals surface area contributed by atoms with Gasteiger partial charge >= 0.3 is 0 Å². The van der Waals surface area contributed by atoms with Crippen molar-refractivity contribution in [2.45, 2.75) is 39.3 Å². The molecule has 0 aliphatic heterocycles. The lowest BCUT2D eigenvalue weighted by Crippen LogP contribution is -2.42. The van der Waals surface area contributed by atoms with Crippen molar-refractivity contribution in [3.8, 4) is 0 Å². The van der Waals surface area contributed by atoms with Crippen LogP contribution in [-0.2, 0) is 9.53 Å². The number of benzene rings is 1. The van der Waals surface area contributed by atoms with Gasteiger partial charge in [0.2, 0.25) is 5.91 Å². The summed E-state index contributed by atoms with van der Waals surface area (Å²) < 4.78 is 5.40. The van der Waals surface area contributed by atoms with Crippen molar-refractivity contribution in [1.29, 1.82) is 0 Å². The van der Waals surface area contributed by atoms with Crippen LogP contribution < -0.4 is 11.1 Å². The first-order chi connectivity index (χ1) is 9.54. The van der Waals surface area contributed by atoms with Gasteiger partial charge in [0, 0.05) is 19.1 Å². The Morgan fingerprint density at radius 2 is 1.95 bits per heavy atom. The zero-order valence-corrected chi connectivity index (χ0v) is 12.6. The van der Waals surface area contributed by atoms with Gasteiger partial charge in [0.25, 0.3) is 0 Å². The molecule has 0 aliphatic carbocycles. The lowest BCUT2D eigenvalue weighted by atomic mass is 10.0. The number of ether oxygens (including phenoxy) is 1. The van der Waals surface area contributed by atoms with Gasteiger partial charge in [0.1, 0.15) is 0 Å². The van der Waals surface area contributed by atoms with Gasteiger partial charge in [-0.1, -0.05) is 44.2 Å². The molecule has 3 N–H and O–H groups in total. The number of nitrogens with one attached hydrogen (secondary N) is 1. The van der Waals surface area contributed by atoms with Gasteiger partial charge < -0.3 is 15.8 Å². The van der Waals surface area contributed by atoms with E-state index in [1.807, 2.05) is 37.3 Å². The van der Waals surface area contributed by atoms with E-state index in [1.54, 1.807) is 0 Å². The first-order valence-electron chi connectivity index (χ1n) is 7.22. The van der Waals surface area contributed by atoms with Gasteiger partial charge in [-0.3, -0.25) is 4.79 Å². The van der Waals surface area contributed by atoms with Crippen LogP contribution in [0.25, 0.3) is 0 Å². The number of nitrogens with two attached hydrogens (primary N) is 1. The third-order valence-electron chi connectivity index (χ3n) is 3.29. The number of hydrogen-bond donors (Lipinski definition) is 2. The molecule has 1 aromatic rings. The van der Waals surface area contributed by atoms with Crippen LogP contribution in [0.4, 0.5) is 0 Å². The molecule has 1 aromatic carbocycles. The van der Waals surface area contributed by atoms with Gasteiger partial charge in [-0.25, -0.2) is 0 Å². The predicted molar refractivity (Wildman–Crippen MR) is 81.2 cm³/mol. The summed E-state index contributed by atoms with van der Waals surface area (Å²) in [5.41, 5.74) is 7.04. The maximum absolute atomic E-state index is 12.1. The van der Waals surface area contributed by atoms with E-state index in [2.05, 4.69) is 19.2 Å². The topological polar surface area (TPSA) is 64.3 Å². The Labute approximate surface area is 121 Å². The Balaban J connectivity index is 2.49. The molecule has 0 aromatic heterocycles. The first-order valence-corrected chi connectivity index (χ1v) is 7.22. The monoisotopic (exact) mass is 278 g/mol. The SMILES string of the molecule is CCOCC(NC(=O)CC(N)c1ccccc1)C(C)C. The average Bonchev–Trinajstić information content (AvgIpc) is 2.44. The zero-order chi connectivity index (χ0) is 15.0. The molecule has 0 aliphatic rings. The molecule has 0 spiro atoms. The fourth-order valence-electron chi connectivity index (χ4n) is 1.93. The van der Waals surface area contributed by atoms with Crippen LogP contribution in [0.2, 0.25) is 0 Å². The summed E-state index contributed by atoms with van der Waals surface area (Å²) in [7, 11) is 0. The fraction of sp³-hybridized carbons (Fsp3) is 0.562. The highest BCUT2D eigenvalue weighted by molar-refractivity contribution is 5.77. The summed E-state index contributed by atoms with van der Waals surface area (Å²) in [4.78, 5) is 12.1. The third kappa shape index (κ3) is 5.72. The van der Waals surface area contributed by atoms with Crippen LogP contribution in [0.1, 0.15) is 38.8 Å². The molecule has 4 nitrogen and oxygen atoms in total. The van der Waals surface area contributed by atoms with Crippen molar-refractivity contribution < 1.29 is 9.53 Å². The molecule has 0 saturated carbocycles. The molecule has 0 bridgehead atoms. The van der Waals surface area contributed by atoms with Crippen molar-refractivity contribution in [2.24, 2.45) is 11.7 Å². The summed E-state index contributed by atoms with van der Waals surface area (Å²) in [6, 6.07) is 9.45. The van der Waals surface area contributed by atoms with Gasteiger partial charge in [0.05, 0.1) is 12.6 Å². The normalized spacial score (nSPS) is 14.1. The minimum absolute atomic E-state index is 0.0280. The number of amides is 1. The largest absolute Gasteiger partial charge is 0.380 e. The van der Waals surface area contributed by atoms with Gasteiger partial charge in [0.15, 0.2) is 0 Å². The van der Waals surface area contributed by atoms with E-state index in [0.29, 0.717) is 25.6 Å². The van der Waals surface area contributed by atoms with Crippen molar-refractivity contribution in [3.63, 3.8) is 0 Å². The molecule has 0 saturated heterocycles. The minimum Gasteiger partial charge on any atom is -0.380 e. The van der Waals surface area contributed by atoms with Gasteiger partial charge in [-0.2, -0.15) is 0 Å². The number of carbonyl (C=O) groups is 1. The van der Waals surface area contributed by atoms with E-state index < -0.39 is 0 Å². The Kier molecular flexibility index (Phi) is 7.26. The number of hydrogen-bond acceptors (Lipinski definition) is 3. The van der Waals surface area contributed by atoms with Crippen LogP contribution in [-0.4, -0.2) is 25.2 Å². The second kappa shape index (κ2) is 8.72. The maximum atomic E-state index is 12.1. The van der Waals surface area contributed by atoms with Crippen molar-refractivity contribution in [3.05, 3.63) is 35.9 Å². The number of rotatable bonds is 8. The summed E-state index contributed by atoms with van der Waals surface area (Å²) in [5, 5.41) is 3.01. The van der Waals surface area contributed by atoms with Crippen molar-refractivity contribution >= 4 is 5.91 Å². The molecule has 112 valence electrons. The second-order valence-corrected chi connectivity index (χ2v) is 5.30. The van der Waals surface area contributed by atoms with E-state index >= 15 is 0 Å². The Hall–Kier alpha value is -1.39. The smallest absolute Gasteiger partial charge is 0.222 e. The van der Waals surface area contributed by atoms with Crippen LogP contribution in [0.5, 0.6) is 0 Å². The summed E-state index contributed by atoms with van der Waals surface area (Å²) >= 11 is 0. The van der Waals surface area contributed by atoms with Gasteiger partial charge in [-0.15, -0.1) is 0 Å². The van der Waals surface area contributed by atoms with Crippen molar-refractivity contribution in [1.82, 2.24) is 5.32 Å². The van der Waals surface area contributed by atoms with E-state index in [0.717, 1.165) is 5.56 Å². The zero-order valence-electron chi connectivity index (χ0n) is 12.6. The van der Waals surface area contributed by atoms with Crippen molar-refractivity contribution in [2.75, 3.05) is 13.2 Å².